The molecule has 0 aromatic rings. The van der Waals surface area contributed by atoms with Gasteiger partial charge in [0.05, 0.1) is 0 Å². The van der Waals surface area contributed by atoms with Crippen molar-refractivity contribution in [3.63, 3.8) is 0 Å². The molecule has 0 aliphatic rings. The van der Waals surface area contributed by atoms with Crippen LogP contribution in [0.15, 0.2) is 0 Å². The van der Waals surface area contributed by atoms with Gasteiger partial charge in [0.1, 0.15) is 0 Å². The van der Waals surface area contributed by atoms with Crippen LogP contribution in [0.3, 0.4) is 0 Å². The van der Waals surface area contributed by atoms with Crippen LogP contribution in [0.4, 0.5) is 0 Å². The molecule has 0 unspecified atom stereocenters. The molecule has 0 heterocycles. The maximum Gasteiger partial charge on any atom is 0 e. The Hall–Kier alpha value is 2.06. The van der Waals surface area contributed by atoms with Gasteiger partial charge in [-0.25, -0.2) is 0 Å². The van der Waals surface area contributed by atoms with Gasteiger partial charge in [-0.1, -0.05) is 6.92 Å². The molecule has 0 fully saturated rings. The first kappa shape index (κ1) is 23.0. The summed E-state index contributed by atoms with van der Waals surface area (Å²) in [6, 6.07) is 0. The molecule has 0 N–H and O–H groups in total. The van der Waals surface area contributed by atoms with E-state index in [1.165, 1.54) is 6.42 Å². The van der Waals surface area contributed by atoms with Crippen LogP contribution < -0.4 is 0 Å². The van der Waals surface area contributed by atoms with E-state index in [-0.39, 0.29) is 63.2 Å². The van der Waals surface area contributed by atoms with Crippen LogP contribution in [-0.4, -0.2) is 0 Å². The molecule has 0 aromatic carbocycles. The van der Waals surface area contributed by atoms with Gasteiger partial charge in [0.25, 0.3) is 0 Å². The van der Waals surface area contributed by atoms with Crippen molar-refractivity contribution in [3.8, 4) is 0 Å². The Morgan fingerprint density at radius 2 is 1.29 bits per heavy atom. The smallest absolute Gasteiger partial charge is 0 e. The van der Waals surface area contributed by atoms with E-state index in [1.807, 2.05) is 0 Å². The van der Waals surface area contributed by atoms with Gasteiger partial charge in [-0.3, -0.25) is 0 Å². The van der Waals surface area contributed by atoms with Crippen molar-refractivity contribution in [1.29, 1.82) is 0 Å². The van der Waals surface area contributed by atoms with Crippen LogP contribution in [-0.2, 0) is 63.2 Å². The van der Waals surface area contributed by atoms with Gasteiger partial charge < -0.3 is 6.42 Å². The van der Waals surface area contributed by atoms with Crippen molar-refractivity contribution in [2.45, 2.75) is 20.3 Å². The molecule has 0 rings (SSSR count). The maximum atomic E-state index is 2.12. The minimum atomic E-state index is 0. The summed E-state index contributed by atoms with van der Waals surface area (Å²) >= 11 is 0. The van der Waals surface area contributed by atoms with Gasteiger partial charge in [0.2, 0.25) is 0 Å². The van der Waals surface area contributed by atoms with Crippen LogP contribution in [0.25, 0.3) is 0 Å². The molecule has 44 valence electrons. The van der Waals surface area contributed by atoms with Crippen molar-refractivity contribution in [3.05, 3.63) is 6.42 Å². The number of unbranched alkanes of at least 4 members (excludes halogenated alkanes) is 1. The zero-order valence-corrected chi connectivity index (χ0v) is 13.3. The molecular weight excluding hydrogens is 600 g/mol. The molecule has 3 heteroatoms. The third-order valence-corrected chi connectivity index (χ3v) is 0.408. The quantitative estimate of drug-likeness (QED) is 0.398. The van der Waals surface area contributed by atoms with E-state index in [0.29, 0.717) is 0 Å². The number of rotatable bonds is 1. The summed E-state index contributed by atoms with van der Waals surface area (Å²) in [6.45, 7) is 4.18. The van der Waals surface area contributed by atoms with Gasteiger partial charge in [-0.05, 0) is 0 Å². The molecule has 0 aromatic heterocycles. The molecule has 0 nitrogen and oxygen atoms in total. The number of hydrogen-bond acceptors (Lipinski definition) is 0. The summed E-state index contributed by atoms with van der Waals surface area (Å²) in [7, 11) is 0. The van der Waals surface area contributed by atoms with Crippen LogP contribution in [0.2, 0.25) is 0 Å². The van der Waals surface area contributed by atoms with E-state index in [4.69, 9.17) is 0 Å². The van der Waals surface area contributed by atoms with E-state index >= 15 is 0 Å². The minimum absolute atomic E-state index is 0. The second-order valence-corrected chi connectivity index (χ2v) is 0.816. The van der Waals surface area contributed by atoms with Gasteiger partial charge in [-0.15, -0.1) is 0 Å². The van der Waals surface area contributed by atoms with Crippen LogP contribution in [0.5, 0.6) is 0 Å². The van der Waals surface area contributed by atoms with Crippen LogP contribution in [0.1, 0.15) is 20.3 Å². The fourth-order valence-electron chi connectivity index (χ4n) is 0. The average molecular weight is 609 g/mol. The average Bonchev–Trinajstić information content (AvgIpc) is 1.37. The maximum absolute atomic E-state index is 2.12. The summed E-state index contributed by atoms with van der Waals surface area (Å²) in [5.74, 6) is 0. The standard InChI is InChI=1S/C4H9.3W/c1-3-4-2;;;/h3H,4H2,1-2H3;;;/q-1;;;. The summed E-state index contributed by atoms with van der Waals surface area (Å²) < 4.78 is 0. The first-order valence-electron chi connectivity index (χ1n) is 1.69. The molecule has 0 aliphatic heterocycles. The third-order valence-electron chi connectivity index (χ3n) is 0.408. The van der Waals surface area contributed by atoms with Crippen molar-refractivity contribution >= 4 is 0 Å². The topological polar surface area (TPSA) is 0 Å². The van der Waals surface area contributed by atoms with Crippen molar-refractivity contribution < 1.29 is 63.2 Å². The van der Waals surface area contributed by atoms with Crippen LogP contribution >= 0.6 is 0 Å². The molecule has 7 heavy (non-hydrogen) atoms. The normalized spacial score (nSPS) is 4.29. The van der Waals surface area contributed by atoms with E-state index in [1.54, 1.807) is 0 Å². The Morgan fingerprint density at radius 3 is 1.29 bits per heavy atom. The third kappa shape index (κ3) is 31.6. The van der Waals surface area contributed by atoms with Gasteiger partial charge in [0.15, 0.2) is 0 Å². The largest absolute Gasteiger partial charge is 0.332 e. The molecule has 0 saturated heterocycles. The van der Waals surface area contributed by atoms with E-state index in [0.717, 1.165) is 0 Å². The van der Waals surface area contributed by atoms with Crippen molar-refractivity contribution in [2.75, 3.05) is 0 Å². The predicted molar refractivity (Wildman–Crippen MR) is 20.3 cm³/mol. The van der Waals surface area contributed by atoms with E-state index in [9.17, 15) is 0 Å². The zero-order chi connectivity index (χ0) is 3.41. The first-order chi connectivity index (χ1) is 1.91. The predicted octanol–water partition coefficient (Wildman–Crippen LogP) is 1.61. The molecule has 0 saturated carbocycles. The summed E-state index contributed by atoms with van der Waals surface area (Å²) in [4.78, 5) is 0. The monoisotopic (exact) mass is 609 g/mol. The molecule has 0 amide bonds. The fourth-order valence-corrected chi connectivity index (χ4v) is 0. The van der Waals surface area contributed by atoms with Gasteiger partial charge in [0, 0.05) is 63.2 Å². The van der Waals surface area contributed by atoms with Crippen molar-refractivity contribution in [2.24, 2.45) is 0 Å². The van der Waals surface area contributed by atoms with Gasteiger partial charge in [-0.2, -0.15) is 13.3 Å². The van der Waals surface area contributed by atoms with E-state index < -0.39 is 0 Å². The van der Waals surface area contributed by atoms with E-state index in [2.05, 4.69) is 20.3 Å². The molecule has 0 radical (unpaired) electrons. The van der Waals surface area contributed by atoms with Gasteiger partial charge >= 0.3 is 0 Å². The minimum Gasteiger partial charge on any atom is -0.332 e. The summed E-state index contributed by atoms with van der Waals surface area (Å²) in [5, 5.41) is 0. The Kier molecular flexibility index (Phi) is 80.0. The second kappa shape index (κ2) is 24.4. The summed E-state index contributed by atoms with van der Waals surface area (Å²) in [6.07, 6.45) is 3.32. The fraction of sp³-hybridized carbons (Fsp3) is 0.750. The molecular formula is C4H9W3-. The Morgan fingerprint density at radius 1 is 1.14 bits per heavy atom. The second-order valence-electron chi connectivity index (χ2n) is 0.816. The molecule has 0 atom stereocenters. The van der Waals surface area contributed by atoms with Crippen molar-refractivity contribution in [1.82, 2.24) is 0 Å². The SMILES string of the molecule is C[CH-]CC.[W].[W].[W]. The molecule has 0 aliphatic carbocycles. The summed E-state index contributed by atoms with van der Waals surface area (Å²) in [5.41, 5.74) is 0. The first-order valence-corrected chi connectivity index (χ1v) is 1.69. The van der Waals surface area contributed by atoms with Crippen LogP contribution in [0, 0.1) is 6.42 Å². The molecule has 0 bridgehead atoms. The Balaban J connectivity index is -0.0000000150. The Bertz CT molecular complexity index is 8.90. The number of hydrogen-bond donors (Lipinski definition) is 0. The Labute approximate surface area is 89.0 Å². The zero-order valence-electron chi connectivity index (χ0n) is 4.51. The molecule has 0 spiro atoms.